The third-order valence-electron chi connectivity index (χ3n) is 4.86. The lowest BCUT2D eigenvalue weighted by molar-refractivity contribution is -0.126. The fourth-order valence-electron chi connectivity index (χ4n) is 3.52. The number of hydrogen-bond acceptors (Lipinski definition) is 2. The number of H-pyrrole nitrogens is 1. The maximum atomic E-state index is 12.4. The molecule has 1 aromatic heterocycles. The van der Waals surface area contributed by atoms with Gasteiger partial charge in [0.2, 0.25) is 5.91 Å². The number of piperidine rings is 1. The van der Waals surface area contributed by atoms with Crippen molar-refractivity contribution in [2.45, 2.75) is 26.2 Å². The van der Waals surface area contributed by atoms with Crippen LogP contribution in [0.2, 0.25) is 5.02 Å². The van der Waals surface area contributed by atoms with Crippen LogP contribution in [0.15, 0.2) is 18.2 Å². The second-order valence-electron chi connectivity index (χ2n) is 6.58. The minimum absolute atomic E-state index is 0.0125. The van der Waals surface area contributed by atoms with E-state index in [0.717, 1.165) is 35.9 Å². The minimum Gasteiger partial charge on any atom is -0.358 e. The van der Waals surface area contributed by atoms with Gasteiger partial charge in [0, 0.05) is 41.3 Å². The Morgan fingerprint density at radius 1 is 1.44 bits per heavy atom. The van der Waals surface area contributed by atoms with Crippen molar-refractivity contribution in [3.8, 4) is 0 Å². The van der Waals surface area contributed by atoms with Crippen LogP contribution in [0.4, 0.5) is 4.79 Å². The first-order valence-electron chi connectivity index (χ1n) is 8.54. The predicted molar refractivity (Wildman–Crippen MR) is 98.6 cm³/mol. The van der Waals surface area contributed by atoms with Crippen LogP contribution in [0.5, 0.6) is 0 Å². The highest BCUT2D eigenvalue weighted by atomic mass is 35.5. The molecule has 0 unspecified atom stereocenters. The van der Waals surface area contributed by atoms with E-state index in [1.54, 1.807) is 4.90 Å². The van der Waals surface area contributed by atoms with Gasteiger partial charge in [-0.1, -0.05) is 11.6 Å². The minimum atomic E-state index is -0.455. The zero-order valence-electron chi connectivity index (χ0n) is 14.3. The van der Waals surface area contributed by atoms with Gasteiger partial charge in [-0.2, -0.15) is 0 Å². The van der Waals surface area contributed by atoms with E-state index >= 15 is 0 Å². The predicted octanol–water partition coefficient (Wildman–Crippen LogP) is 2.58. The molecular weight excluding hydrogens is 340 g/mol. The summed E-state index contributed by atoms with van der Waals surface area (Å²) < 4.78 is 0. The van der Waals surface area contributed by atoms with Crippen LogP contribution in [-0.2, 0) is 11.2 Å². The first-order valence-corrected chi connectivity index (χ1v) is 8.92. The number of urea groups is 1. The molecule has 2 heterocycles. The monoisotopic (exact) mass is 362 g/mol. The lowest BCUT2D eigenvalue weighted by Gasteiger charge is -2.30. The number of carbonyl (C=O) groups excluding carboxylic acids is 2. The molecule has 25 heavy (non-hydrogen) atoms. The highest BCUT2D eigenvalue weighted by Crippen LogP contribution is 2.25. The van der Waals surface area contributed by atoms with Gasteiger partial charge in [0.05, 0.1) is 5.92 Å². The van der Waals surface area contributed by atoms with Gasteiger partial charge in [-0.05, 0) is 49.9 Å². The number of aromatic amines is 1. The van der Waals surface area contributed by atoms with Crippen LogP contribution in [0, 0.1) is 12.8 Å². The number of nitrogens with one attached hydrogen (secondary N) is 2. The lowest BCUT2D eigenvalue weighted by atomic mass is 9.97. The number of benzene rings is 1. The van der Waals surface area contributed by atoms with Gasteiger partial charge in [-0.15, -0.1) is 0 Å². The van der Waals surface area contributed by atoms with E-state index < -0.39 is 6.03 Å². The number of aromatic nitrogens is 1. The molecule has 1 aliphatic rings. The molecule has 0 saturated carbocycles. The third kappa shape index (κ3) is 3.90. The van der Waals surface area contributed by atoms with Crippen LogP contribution < -0.4 is 11.1 Å². The fourth-order valence-corrected chi connectivity index (χ4v) is 3.70. The second-order valence-corrected chi connectivity index (χ2v) is 7.02. The molecule has 0 aliphatic carbocycles. The zero-order valence-corrected chi connectivity index (χ0v) is 15.0. The van der Waals surface area contributed by atoms with E-state index in [9.17, 15) is 9.59 Å². The quantitative estimate of drug-likeness (QED) is 0.780. The maximum Gasteiger partial charge on any atom is 0.314 e. The molecule has 1 fully saturated rings. The molecule has 7 heteroatoms. The Morgan fingerprint density at radius 3 is 3.00 bits per heavy atom. The van der Waals surface area contributed by atoms with Gasteiger partial charge in [0.15, 0.2) is 0 Å². The molecule has 2 aromatic rings. The molecule has 3 rings (SSSR count). The SMILES string of the molecule is Cc1[nH]c2ccc(Cl)cc2c1CCNC(=O)[C@H]1CCCN(C(N)=O)C1. The molecule has 4 N–H and O–H groups in total. The molecule has 1 aromatic carbocycles. The first-order chi connectivity index (χ1) is 12.0. The largest absolute Gasteiger partial charge is 0.358 e. The zero-order chi connectivity index (χ0) is 18.0. The Hall–Kier alpha value is -2.21. The Balaban J connectivity index is 1.59. The number of amides is 3. The van der Waals surface area contributed by atoms with Crippen LogP contribution in [0.25, 0.3) is 10.9 Å². The van der Waals surface area contributed by atoms with Gasteiger partial charge in [-0.3, -0.25) is 4.79 Å². The number of carbonyl (C=O) groups is 2. The number of nitrogens with zero attached hydrogens (tertiary/aromatic N) is 1. The van der Waals surface area contributed by atoms with Gasteiger partial charge >= 0.3 is 6.03 Å². The van der Waals surface area contributed by atoms with Crippen LogP contribution in [0.3, 0.4) is 0 Å². The summed E-state index contributed by atoms with van der Waals surface area (Å²) in [7, 11) is 0. The van der Waals surface area contributed by atoms with E-state index in [4.69, 9.17) is 17.3 Å². The molecule has 0 radical (unpaired) electrons. The molecule has 3 amide bonds. The molecule has 1 saturated heterocycles. The molecule has 0 spiro atoms. The highest BCUT2D eigenvalue weighted by molar-refractivity contribution is 6.31. The number of nitrogens with two attached hydrogens (primary N) is 1. The summed E-state index contributed by atoms with van der Waals surface area (Å²) >= 11 is 6.10. The molecular formula is C18H23ClN4O2. The van der Waals surface area contributed by atoms with E-state index in [1.807, 2.05) is 25.1 Å². The Labute approximate surface area is 151 Å². The van der Waals surface area contributed by atoms with Crippen molar-refractivity contribution in [3.05, 3.63) is 34.5 Å². The van der Waals surface area contributed by atoms with Crippen LogP contribution in [0.1, 0.15) is 24.1 Å². The van der Waals surface area contributed by atoms with Crippen molar-refractivity contribution in [2.75, 3.05) is 19.6 Å². The van der Waals surface area contributed by atoms with Crippen molar-refractivity contribution in [2.24, 2.45) is 11.7 Å². The number of fused-ring (bicyclic) bond motifs is 1. The lowest BCUT2D eigenvalue weighted by Crippen LogP contribution is -2.47. The molecule has 0 bridgehead atoms. The van der Waals surface area contributed by atoms with Crippen LogP contribution in [-0.4, -0.2) is 41.5 Å². The third-order valence-corrected chi connectivity index (χ3v) is 5.09. The topological polar surface area (TPSA) is 91.2 Å². The summed E-state index contributed by atoms with van der Waals surface area (Å²) in [4.78, 5) is 28.5. The average Bonchev–Trinajstić information content (AvgIpc) is 2.90. The standard InChI is InChI=1S/C18H23ClN4O2/c1-11-14(15-9-13(19)4-5-16(15)22-11)6-7-21-17(24)12-3-2-8-23(10-12)18(20)25/h4-5,9,12,22H,2-3,6-8,10H2,1H3,(H2,20,25)(H,21,24)/t12-/m0/s1. The Morgan fingerprint density at radius 2 is 2.24 bits per heavy atom. The van der Waals surface area contributed by atoms with E-state index in [2.05, 4.69) is 10.3 Å². The van der Waals surface area contributed by atoms with Crippen molar-refractivity contribution in [1.82, 2.24) is 15.2 Å². The smallest absolute Gasteiger partial charge is 0.314 e. The number of rotatable bonds is 4. The molecule has 1 aliphatic heterocycles. The summed E-state index contributed by atoms with van der Waals surface area (Å²) in [5, 5.41) is 4.79. The summed E-state index contributed by atoms with van der Waals surface area (Å²) in [6, 6.07) is 5.32. The molecule has 1 atom stereocenters. The van der Waals surface area contributed by atoms with Gasteiger partial charge in [0.25, 0.3) is 0 Å². The van der Waals surface area contributed by atoms with Gasteiger partial charge in [-0.25, -0.2) is 4.79 Å². The van der Waals surface area contributed by atoms with Gasteiger partial charge < -0.3 is 20.9 Å². The summed E-state index contributed by atoms with van der Waals surface area (Å²) in [5.74, 6) is -0.193. The number of hydrogen-bond donors (Lipinski definition) is 3. The summed E-state index contributed by atoms with van der Waals surface area (Å²) in [6.07, 6.45) is 2.32. The maximum absolute atomic E-state index is 12.4. The summed E-state index contributed by atoms with van der Waals surface area (Å²) in [5.41, 5.74) is 8.62. The fraction of sp³-hybridized carbons (Fsp3) is 0.444. The summed E-state index contributed by atoms with van der Waals surface area (Å²) in [6.45, 7) is 3.61. The highest BCUT2D eigenvalue weighted by Gasteiger charge is 2.27. The van der Waals surface area contributed by atoms with E-state index in [1.165, 1.54) is 5.56 Å². The van der Waals surface area contributed by atoms with Crippen molar-refractivity contribution >= 4 is 34.4 Å². The van der Waals surface area contributed by atoms with E-state index in [0.29, 0.717) is 24.7 Å². The van der Waals surface area contributed by atoms with E-state index in [-0.39, 0.29) is 11.8 Å². The number of likely N-dealkylation sites (tertiary alicyclic amines) is 1. The molecule has 134 valence electrons. The van der Waals surface area contributed by atoms with Crippen LogP contribution >= 0.6 is 11.6 Å². The van der Waals surface area contributed by atoms with Crippen molar-refractivity contribution < 1.29 is 9.59 Å². The number of aryl methyl sites for hydroxylation is 1. The Kier molecular flexibility index (Phi) is 5.18. The number of primary amides is 1. The average molecular weight is 363 g/mol. The van der Waals surface area contributed by atoms with Gasteiger partial charge in [0.1, 0.15) is 0 Å². The Bertz CT molecular complexity index is 802. The van der Waals surface area contributed by atoms with Crippen molar-refractivity contribution in [3.63, 3.8) is 0 Å². The first kappa shape index (κ1) is 17.6. The normalized spacial score (nSPS) is 17.7. The second kappa shape index (κ2) is 7.35. The number of halogens is 1. The van der Waals surface area contributed by atoms with Crippen molar-refractivity contribution in [1.29, 1.82) is 0 Å². The molecule has 6 nitrogen and oxygen atoms in total.